The van der Waals surface area contributed by atoms with E-state index in [1.807, 2.05) is 24.3 Å². The van der Waals surface area contributed by atoms with Crippen molar-refractivity contribution in [1.29, 1.82) is 0 Å². The molecule has 0 aliphatic heterocycles. The molecule has 0 aliphatic rings. The highest BCUT2D eigenvalue weighted by molar-refractivity contribution is 9.10. The Labute approximate surface area is 123 Å². The summed E-state index contributed by atoms with van der Waals surface area (Å²) < 4.78 is 1.02. The quantitative estimate of drug-likeness (QED) is 0.387. The van der Waals surface area contributed by atoms with E-state index in [0.29, 0.717) is 17.9 Å². The highest BCUT2D eigenvalue weighted by Crippen LogP contribution is 2.18. The standard InChI is InChI=1S/C12H10BrClN4O/c13-9-3-1-8(2-4-9)5-15-12-10(6-18-19)11(14)16-7-17-12/h1-4,6-7,19H,5H2,(H,15,16,17)/b18-6+. The monoisotopic (exact) mass is 340 g/mol. The maximum Gasteiger partial charge on any atom is 0.143 e. The number of hydrogen-bond donors (Lipinski definition) is 2. The van der Waals surface area contributed by atoms with Crippen molar-refractivity contribution in [3.8, 4) is 0 Å². The zero-order valence-corrected chi connectivity index (χ0v) is 12.1. The Morgan fingerprint density at radius 3 is 2.74 bits per heavy atom. The van der Waals surface area contributed by atoms with Gasteiger partial charge >= 0.3 is 0 Å². The van der Waals surface area contributed by atoms with E-state index >= 15 is 0 Å². The first-order valence-electron chi connectivity index (χ1n) is 5.37. The largest absolute Gasteiger partial charge is 0.411 e. The molecule has 0 atom stereocenters. The van der Waals surface area contributed by atoms with Crippen LogP contribution in [0.15, 0.2) is 40.2 Å². The summed E-state index contributed by atoms with van der Waals surface area (Å²) in [5.41, 5.74) is 1.54. The van der Waals surface area contributed by atoms with Crippen molar-refractivity contribution in [1.82, 2.24) is 9.97 Å². The first-order chi connectivity index (χ1) is 9.20. The molecule has 0 fully saturated rings. The molecule has 98 valence electrons. The van der Waals surface area contributed by atoms with E-state index in [-0.39, 0.29) is 5.15 Å². The number of nitrogens with one attached hydrogen (secondary N) is 1. The number of rotatable bonds is 4. The molecule has 1 aromatic heterocycles. The molecule has 5 nitrogen and oxygen atoms in total. The van der Waals surface area contributed by atoms with Crippen LogP contribution in [0.5, 0.6) is 0 Å². The van der Waals surface area contributed by atoms with Gasteiger partial charge in [0, 0.05) is 11.0 Å². The van der Waals surface area contributed by atoms with Crippen LogP contribution in [0.4, 0.5) is 5.82 Å². The van der Waals surface area contributed by atoms with Gasteiger partial charge in [0.1, 0.15) is 17.3 Å². The topological polar surface area (TPSA) is 70.4 Å². The Morgan fingerprint density at radius 1 is 1.32 bits per heavy atom. The molecule has 0 saturated carbocycles. The number of oxime groups is 1. The third-order valence-corrected chi connectivity index (χ3v) is 3.23. The Morgan fingerprint density at radius 2 is 2.05 bits per heavy atom. The average Bonchev–Trinajstić information content (AvgIpc) is 2.41. The number of hydrogen-bond acceptors (Lipinski definition) is 5. The molecule has 2 aromatic rings. The van der Waals surface area contributed by atoms with Crippen molar-refractivity contribution in [3.05, 3.63) is 51.3 Å². The molecule has 2 N–H and O–H groups in total. The van der Waals surface area contributed by atoms with Gasteiger partial charge in [-0.05, 0) is 17.7 Å². The third-order valence-electron chi connectivity index (χ3n) is 2.40. The number of halogens is 2. The van der Waals surface area contributed by atoms with E-state index in [1.54, 1.807) is 0 Å². The molecular weight excluding hydrogens is 332 g/mol. The van der Waals surface area contributed by atoms with Crippen LogP contribution in [0.3, 0.4) is 0 Å². The summed E-state index contributed by atoms with van der Waals surface area (Å²) >= 11 is 9.29. The Bertz CT molecular complexity index is 589. The van der Waals surface area contributed by atoms with Crippen LogP contribution >= 0.6 is 27.5 Å². The fraction of sp³-hybridized carbons (Fsp3) is 0.0833. The lowest BCUT2D eigenvalue weighted by Crippen LogP contribution is -2.05. The van der Waals surface area contributed by atoms with E-state index in [9.17, 15) is 0 Å². The number of benzene rings is 1. The lowest BCUT2D eigenvalue weighted by Gasteiger charge is -2.08. The van der Waals surface area contributed by atoms with Crippen LogP contribution in [-0.4, -0.2) is 21.4 Å². The first-order valence-corrected chi connectivity index (χ1v) is 6.54. The van der Waals surface area contributed by atoms with Crippen LogP contribution in [-0.2, 0) is 6.54 Å². The first kappa shape index (κ1) is 13.8. The molecule has 0 unspecified atom stereocenters. The molecule has 0 saturated heterocycles. The van der Waals surface area contributed by atoms with Gasteiger partial charge in [-0.1, -0.05) is 44.8 Å². The van der Waals surface area contributed by atoms with Gasteiger partial charge in [-0.15, -0.1) is 0 Å². The predicted molar refractivity (Wildman–Crippen MR) is 77.9 cm³/mol. The zero-order valence-electron chi connectivity index (χ0n) is 9.72. The fourth-order valence-electron chi connectivity index (χ4n) is 1.48. The Kier molecular flexibility index (Phi) is 4.70. The van der Waals surface area contributed by atoms with E-state index in [4.69, 9.17) is 16.8 Å². The van der Waals surface area contributed by atoms with Gasteiger partial charge in [-0.25, -0.2) is 9.97 Å². The molecule has 0 bridgehead atoms. The van der Waals surface area contributed by atoms with Crippen LogP contribution in [0.1, 0.15) is 11.1 Å². The molecule has 0 radical (unpaired) electrons. The summed E-state index contributed by atoms with van der Waals surface area (Å²) in [4.78, 5) is 7.90. The average molecular weight is 342 g/mol. The molecule has 1 heterocycles. The molecular formula is C12H10BrClN4O. The zero-order chi connectivity index (χ0) is 13.7. The molecule has 7 heteroatoms. The van der Waals surface area contributed by atoms with Crippen LogP contribution < -0.4 is 5.32 Å². The summed E-state index contributed by atoms with van der Waals surface area (Å²) in [6.45, 7) is 0.576. The number of nitrogens with zero attached hydrogens (tertiary/aromatic N) is 3. The predicted octanol–water partition coefficient (Wildman–Crippen LogP) is 3.31. The summed E-state index contributed by atoms with van der Waals surface area (Å²) in [5.74, 6) is 0.515. The van der Waals surface area contributed by atoms with Crippen LogP contribution in [0, 0.1) is 0 Å². The highest BCUT2D eigenvalue weighted by Gasteiger charge is 2.07. The van der Waals surface area contributed by atoms with Gasteiger partial charge in [-0.3, -0.25) is 0 Å². The van der Waals surface area contributed by atoms with Crippen molar-refractivity contribution in [2.75, 3.05) is 5.32 Å². The summed E-state index contributed by atoms with van der Waals surface area (Å²) in [7, 11) is 0. The van der Waals surface area contributed by atoms with Gasteiger partial charge in [0.05, 0.1) is 11.8 Å². The Hall–Kier alpha value is -1.66. The molecule has 1 aromatic carbocycles. The van der Waals surface area contributed by atoms with Crippen molar-refractivity contribution in [3.63, 3.8) is 0 Å². The van der Waals surface area contributed by atoms with Gasteiger partial charge < -0.3 is 10.5 Å². The second kappa shape index (κ2) is 6.49. The summed E-state index contributed by atoms with van der Waals surface area (Å²) in [6, 6.07) is 7.89. The normalized spacial score (nSPS) is 10.8. The SMILES string of the molecule is O/N=C/c1c(Cl)ncnc1NCc1ccc(Br)cc1. The van der Waals surface area contributed by atoms with Gasteiger partial charge in [-0.2, -0.15) is 0 Å². The second-order valence-corrected chi connectivity index (χ2v) is 4.93. The van der Waals surface area contributed by atoms with Crippen molar-refractivity contribution in [2.45, 2.75) is 6.54 Å². The minimum atomic E-state index is 0.228. The van der Waals surface area contributed by atoms with Gasteiger partial charge in [0.2, 0.25) is 0 Å². The van der Waals surface area contributed by atoms with Crippen LogP contribution in [0.25, 0.3) is 0 Å². The van der Waals surface area contributed by atoms with Crippen molar-refractivity contribution >= 4 is 39.6 Å². The van der Waals surface area contributed by atoms with Gasteiger partial charge in [0.15, 0.2) is 0 Å². The maximum absolute atomic E-state index is 8.61. The Balaban J connectivity index is 2.15. The number of aromatic nitrogens is 2. The van der Waals surface area contributed by atoms with E-state index in [2.05, 4.69) is 36.4 Å². The van der Waals surface area contributed by atoms with Crippen LogP contribution in [0.2, 0.25) is 5.15 Å². The lowest BCUT2D eigenvalue weighted by molar-refractivity contribution is 0.322. The third kappa shape index (κ3) is 3.65. The molecule has 0 amide bonds. The lowest BCUT2D eigenvalue weighted by atomic mass is 10.2. The fourth-order valence-corrected chi connectivity index (χ4v) is 1.92. The maximum atomic E-state index is 8.61. The molecule has 0 aliphatic carbocycles. The van der Waals surface area contributed by atoms with Gasteiger partial charge in [0.25, 0.3) is 0 Å². The smallest absolute Gasteiger partial charge is 0.143 e. The summed E-state index contributed by atoms with van der Waals surface area (Å²) in [6.07, 6.45) is 2.55. The van der Waals surface area contributed by atoms with E-state index in [1.165, 1.54) is 12.5 Å². The molecule has 2 rings (SSSR count). The van der Waals surface area contributed by atoms with E-state index < -0.39 is 0 Å². The minimum Gasteiger partial charge on any atom is -0.411 e. The summed E-state index contributed by atoms with van der Waals surface area (Å²) in [5, 5.41) is 14.9. The molecule has 0 spiro atoms. The minimum absolute atomic E-state index is 0.228. The highest BCUT2D eigenvalue weighted by atomic mass is 79.9. The second-order valence-electron chi connectivity index (χ2n) is 3.65. The van der Waals surface area contributed by atoms with E-state index in [0.717, 1.165) is 10.0 Å². The van der Waals surface area contributed by atoms with Crippen molar-refractivity contribution < 1.29 is 5.21 Å². The van der Waals surface area contributed by atoms with Crippen molar-refractivity contribution in [2.24, 2.45) is 5.16 Å². The molecule has 19 heavy (non-hydrogen) atoms. The number of anilines is 1.